The number of hydrogen-bond acceptors (Lipinski definition) is 3. The summed E-state index contributed by atoms with van der Waals surface area (Å²) in [6.45, 7) is 2.95. The van der Waals surface area contributed by atoms with Crippen LogP contribution in [0.25, 0.3) is 0 Å². The van der Waals surface area contributed by atoms with Crippen LogP contribution >= 0.6 is 0 Å². The van der Waals surface area contributed by atoms with Crippen LogP contribution in [0.5, 0.6) is 0 Å². The van der Waals surface area contributed by atoms with E-state index in [0.29, 0.717) is 0 Å². The Morgan fingerprint density at radius 3 is 2.08 bits per heavy atom. The molecule has 0 aliphatic carbocycles. The Hall–Kier alpha value is 0.440. The third kappa shape index (κ3) is 8.54. The molecule has 0 atom stereocenters. The molecule has 0 aromatic carbocycles. The third-order valence-corrected chi connectivity index (χ3v) is 1.63. The van der Waals surface area contributed by atoms with E-state index in [1.807, 2.05) is 0 Å². The summed E-state index contributed by atoms with van der Waals surface area (Å²) in [6.07, 6.45) is -4.34. The molecule has 0 saturated carbocycles. The molecule has 0 aliphatic rings. The minimum absolute atomic E-state index is 0. The van der Waals surface area contributed by atoms with Crippen LogP contribution in [0.1, 0.15) is 0 Å². The van der Waals surface area contributed by atoms with Gasteiger partial charge in [-0.3, -0.25) is 0 Å². The molecule has 0 bridgehead atoms. The van der Waals surface area contributed by atoms with E-state index in [1.54, 1.807) is 0 Å². The van der Waals surface area contributed by atoms with Gasteiger partial charge >= 0.3 is 35.9 Å². The van der Waals surface area contributed by atoms with Crippen LogP contribution in [0.3, 0.4) is 0 Å². The standard InChI is InChI=1S/C4H5F3O3S.Na.H/c1-2-3-11(8,9)10-4(5,6)7;;/h2H,1,3H2;;. The molecule has 0 amide bonds. The second-order valence-corrected chi connectivity index (χ2v) is 3.16. The van der Waals surface area contributed by atoms with E-state index in [0.717, 1.165) is 6.08 Å². The maximum atomic E-state index is 11.2. The SMILES string of the molecule is C=CCS(=O)(=O)OC(F)(F)F.[NaH]. The molecule has 0 aromatic heterocycles. The van der Waals surface area contributed by atoms with Crippen LogP contribution in [-0.4, -0.2) is 50.1 Å². The van der Waals surface area contributed by atoms with E-state index in [9.17, 15) is 21.6 Å². The Labute approximate surface area is 90.0 Å². The molecule has 0 unspecified atom stereocenters. The molecule has 0 N–H and O–H groups in total. The molecule has 0 radical (unpaired) electrons. The van der Waals surface area contributed by atoms with Crippen LogP contribution in [0.15, 0.2) is 12.7 Å². The van der Waals surface area contributed by atoms with Crippen molar-refractivity contribution in [3.8, 4) is 0 Å². The van der Waals surface area contributed by atoms with Gasteiger partial charge in [0.1, 0.15) is 0 Å². The van der Waals surface area contributed by atoms with Crippen molar-refractivity contribution in [3.05, 3.63) is 12.7 Å². The monoisotopic (exact) mass is 214 g/mol. The van der Waals surface area contributed by atoms with E-state index < -0.39 is 22.2 Å². The molecule has 0 spiro atoms. The average molecular weight is 214 g/mol. The van der Waals surface area contributed by atoms with Gasteiger partial charge in [-0.2, -0.15) is 12.6 Å². The van der Waals surface area contributed by atoms with Gasteiger partial charge in [0.2, 0.25) is 0 Å². The van der Waals surface area contributed by atoms with Crippen molar-refractivity contribution in [3.63, 3.8) is 0 Å². The predicted octanol–water partition coefficient (Wildman–Crippen LogP) is 0.390. The molecule has 0 rings (SSSR count). The fourth-order valence-electron chi connectivity index (χ4n) is 0.322. The Morgan fingerprint density at radius 2 is 1.83 bits per heavy atom. The molecule has 0 heterocycles. The third-order valence-electron chi connectivity index (χ3n) is 0.543. The average Bonchev–Trinajstić information content (AvgIpc) is 1.55. The van der Waals surface area contributed by atoms with Crippen molar-refractivity contribution in [2.45, 2.75) is 6.36 Å². The first-order valence-electron chi connectivity index (χ1n) is 2.38. The zero-order chi connectivity index (χ0) is 9.12. The summed E-state index contributed by atoms with van der Waals surface area (Å²) in [7, 11) is -4.53. The molecule has 12 heavy (non-hydrogen) atoms. The van der Waals surface area contributed by atoms with Crippen LogP contribution < -0.4 is 0 Å². The van der Waals surface area contributed by atoms with Gasteiger partial charge in [0.05, 0.1) is 5.75 Å². The molecule has 8 heteroatoms. The fraction of sp³-hybridized carbons (Fsp3) is 0.500. The summed E-state index contributed by atoms with van der Waals surface area (Å²) < 4.78 is 56.9. The molecular formula is C4H6F3NaO3S. The van der Waals surface area contributed by atoms with Crippen molar-refractivity contribution in [2.75, 3.05) is 5.75 Å². The number of hydrogen-bond donors (Lipinski definition) is 0. The summed E-state index contributed by atoms with van der Waals surface area (Å²) in [5.74, 6) is -0.855. The quantitative estimate of drug-likeness (QED) is 0.388. The normalized spacial score (nSPS) is 11.9. The molecule has 0 saturated heterocycles. The van der Waals surface area contributed by atoms with Crippen molar-refractivity contribution < 1.29 is 25.8 Å². The summed E-state index contributed by atoms with van der Waals surface area (Å²) in [5, 5.41) is 0. The topological polar surface area (TPSA) is 43.4 Å². The number of alkyl halides is 3. The fourth-order valence-corrected chi connectivity index (χ4v) is 0.967. The van der Waals surface area contributed by atoms with Gasteiger partial charge in [0.15, 0.2) is 0 Å². The molecule has 68 valence electrons. The zero-order valence-corrected chi connectivity index (χ0v) is 6.07. The Morgan fingerprint density at radius 1 is 1.42 bits per heavy atom. The molecule has 0 aromatic rings. The van der Waals surface area contributed by atoms with Crippen LogP contribution in [0.2, 0.25) is 0 Å². The van der Waals surface area contributed by atoms with Gasteiger partial charge in [-0.05, 0) is 0 Å². The summed E-state index contributed by atoms with van der Waals surface area (Å²) >= 11 is 0. The van der Waals surface area contributed by atoms with E-state index >= 15 is 0 Å². The summed E-state index contributed by atoms with van der Waals surface area (Å²) in [6, 6.07) is 0. The van der Waals surface area contributed by atoms with Crippen LogP contribution in [0, 0.1) is 0 Å². The first-order valence-corrected chi connectivity index (χ1v) is 3.95. The number of rotatable bonds is 3. The Bertz CT molecular complexity index is 232. The van der Waals surface area contributed by atoms with Gasteiger partial charge < -0.3 is 0 Å². The maximum absolute atomic E-state index is 11.2. The summed E-state index contributed by atoms with van der Waals surface area (Å²) in [4.78, 5) is 0. The first-order chi connectivity index (χ1) is 4.77. The molecular weight excluding hydrogens is 208 g/mol. The van der Waals surface area contributed by atoms with Crippen LogP contribution in [0.4, 0.5) is 13.2 Å². The molecule has 0 fully saturated rings. The van der Waals surface area contributed by atoms with Crippen molar-refractivity contribution in [1.82, 2.24) is 0 Å². The predicted molar refractivity (Wildman–Crippen MR) is 38.3 cm³/mol. The Balaban J connectivity index is 0. The number of halogens is 3. The molecule has 3 nitrogen and oxygen atoms in total. The van der Waals surface area contributed by atoms with Gasteiger partial charge in [0, 0.05) is 0 Å². The minimum atomic E-state index is -5.15. The van der Waals surface area contributed by atoms with E-state index in [2.05, 4.69) is 10.8 Å². The zero-order valence-electron chi connectivity index (χ0n) is 5.26. The summed E-state index contributed by atoms with van der Waals surface area (Å²) in [5.41, 5.74) is 0. The first kappa shape index (κ1) is 14.9. The Kier molecular flexibility index (Phi) is 6.51. The second-order valence-electron chi connectivity index (χ2n) is 1.54. The van der Waals surface area contributed by atoms with E-state index in [-0.39, 0.29) is 29.6 Å². The van der Waals surface area contributed by atoms with Gasteiger partial charge in [-0.1, -0.05) is 6.08 Å². The molecule has 0 aliphatic heterocycles. The second kappa shape index (κ2) is 5.23. The van der Waals surface area contributed by atoms with Crippen molar-refractivity contribution >= 4 is 39.7 Å². The van der Waals surface area contributed by atoms with Crippen LogP contribution in [-0.2, 0) is 14.3 Å². The van der Waals surface area contributed by atoms with Gasteiger partial charge in [-0.25, -0.2) is 0 Å². The van der Waals surface area contributed by atoms with E-state index in [1.165, 1.54) is 0 Å². The van der Waals surface area contributed by atoms with E-state index in [4.69, 9.17) is 0 Å². The van der Waals surface area contributed by atoms with Crippen molar-refractivity contribution in [2.24, 2.45) is 0 Å². The van der Waals surface area contributed by atoms with Crippen molar-refractivity contribution in [1.29, 1.82) is 0 Å². The van der Waals surface area contributed by atoms with Gasteiger partial charge in [0.25, 0.3) is 10.1 Å². The van der Waals surface area contributed by atoms with Gasteiger partial charge in [-0.15, -0.1) is 19.8 Å².